The van der Waals surface area contributed by atoms with E-state index in [2.05, 4.69) is 52.1 Å². The molecule has 1 amide bonds. The molecule has 10 heteroatoms. The number of anilines is 1. The van der Waals surface area contributed by atoms with Gasteiger partial charge in [-0.1, -0.05) is 29.3 Å². The zero-order valence-electron chi connectivity index (χ0n) is 26.1. The van der Waals surface area contributed by atoms with Gasteiger partial charge in [0.05, 0.1) is 18.5 Å². The van der Waals surface area contributed by atoms with E-state index in [1.54, 1.807) is 11.8 Å². The van der Waals surface area contributed by atoms with Crippen molar-refractivity contribution >= 4 is 33.7 Å². The molecule has 4 aromatic rings. The van der Waals surface area contributed by atoms with Crippen molar-refractivity contribution in [2.75, 3.05) is 38.6 Å². The summed E-state index contributed by atoms with van der Waals surface area (Å²) >= 11 is 0. The van der Waals surface area contributed by atoms with E-state index < -0.39 is 0 Å². The van der Waals surface area contributed by atoms with Crippen molar-refractivity contribution in [3.8, 4) is 29.0 Å². The quantitative estimate of drug-likeness (QED) is 0.304. The van der Waals surface area contributed by atoms with Crippen LogP contribution in [0.1, 0.15) is 48.9 Å². The molecule has 44 heavy (non-hydrogen) atoms. The largest absolute Gasteiger partial charge is 0.351 e. The molecular weight excluding hydrogens is 555 g/mol. The Morgan fingerprint density at radius 2 is 1.93 bits per heavy atom. The molecule has 0 bridgehead atoms. The van der Waals surface area contributed by atoms with Crippen LogP contribution in [0, 0.1) is 49.8 Å². The number of pyridine rings is 1. The summed E-state index contributed by atoms with van der Waals surface area (Å²) in [5.74, 6) is 5.32. The summed E-state index contributed by atoms with van der Waals surface area (Å²) in [6.07, 6.45) is 1.34. The summed E-state index contributed by atoms with van der Waals surface area (Å²) in [5, 5.41) is 19.5. The second kappa shape index (κ2) is 11.5. The Hall–Kier alpha value is -4.54. The maximum atomic E-state index is 16.8. The molecule has 0 N–H and O–H groups in total. The van der Waals surface area contributed by atoms with Gasteiger partial charge >= 0.3 is 0 Å². The van der Waals surface area contributed by atoms with Crippen molar-refractivity contribution in [2.45, 2.75) is 65.1 Å². The Morgan fingerprint density at radius 3 is 2.64 bits per heavy atom. The van der Waals surface area contributed by atoms with Gasteiger partial charge in [0, 0.05) is 42.7 Å². The van der Waals surface area contributed by atoms with Crippen LogP contribution in [0.25, 0.3) is 33.1 Å². The number of aromatic nitrogens is 4. The molecule has 4 heterocycles. The summed E-state index contributed by atoms with van der Waals surface area (Å²) in [7, 11) is 4.11. The molecule has 0 saturated carbocycles. The fourth-order valence-electron chi connectivity index (χ4n) is 6.69. The van der Waals surface area contributed by atoms with Crippen LogP contribution in [0.4, 0.5) is 10.2 Å². The average molecular weight is 593 g/mol. The lowest BCUT2D eigenvalue weighted by molar-refractivity contribution is -0.129. The van der Waals surface area contributed by atoms with Crippen molar-refractivity contribution in [2.24, 2.45) is 0 Å². The number of halogens is 1. The van der Waals surface area contributed by atoms with E-state index in [4.69, 9.17) is 4.98 Å². The van der Waals surface area contributed by atoms with Crippen LogP contribution in [0.2, 0.25) is 0 Å². The number of rotatable bonds is 5. The Labute approximate surface area is 257 Å². The monoisotopic (exact) mass is 592 g/mol. The Balaban J connectivity index is 1.53. The smallest absolute Gasteiger partial charge is 0.298 e. The van der Waals surface area contributed by atoms with Gasteiger partial charge in [-0.05, 0) is 88.9 Å². The third-order valence-corrected chi connectivity index (χ3v) is 9.44. The molecule has 0 radical (unpaired) electrons. The van der Waals surface area contributed by atoms with Gasteiger partial charge in [-0.3, -0.25) is 4.79 Å². The Morgan fingerprint density at radius 1 is 1.16 bits per heavy atom. The second-order valence-electron chi connectivity index (χ2n) is 12.3. The number of nitriles is 1. The molecule has 0 spiro atoms. The third-order valence-electron chi connectivity index (χ3n) is 9.44. The van der Waals surface area contributed by atoms with Crippen LogP contribution in [-0.4, -0.2) is 81.5 Å². The van der Waals surface area contributed by atoms with E-state index in [1.165, 1.54) is 0 Å². The van der Waals surface area contributed by atoms with Gasteiger partial charge in [-0.15, -0.1) is 5.10 Å². The van der Waals surface area contributed by atoms with Crippen molar-refractivity contribution in [3.05, 3.63) is 46.8 Å². The minimum Gasteiger partial charge on any atom is -0.351 e. The lowest BCUT2D eigenvalue weighted by atomic mass is 9.91. The van der Waals surface area contributed by atoms with Crippen LogP contribution in [0.5, 0.6) is 0 Å². The number of carbonyl (C=O) groups is 1. The number of nitrogens with zero attached hydrogens (tertiary/aromatic N) is 8. The predicted molar refractivity (Wildman–Crippen MR) is 170 cm³/mol. The normalized spacial score (nSPS) is 18.8. The molecular formula is C34H37FN8O. The number of amides is 1. The minimum absolute atomic E-state index is 0.136. The molecule has 2 aliphatic rings. The van der Waals surface area contributed by atoms with Crippen molar-refractivity contribution in [3.63, 3.8) is 0 Å². The van der Waals surface area contributed by atoms with E-state index >= 15 is 4.39 Å². The van der Waals surface area contributed by atoms with E-state index in [-0.39, 0.29) is 30.2 Å². The number of aryl methyl sites for hydroxylation is 2. The van der Waals surface area contributed by atoms with Crippen LogP contribution >= 0.6 is 0 Å². The van der Waals surface area contributed by atoms with Gasteiger partial charge in [-0.25, -0.2) is 14.1 Å². The first-order chi connectivity index (χ1) is 21.1. The lowest BCUT2D eigenvalue weighted by Gasteiger charge is -2.43. The number of hydrogen-bond donors (Lipinski definition) is 0. The van der Waals surface area contributed by atoms with E-state index in [9.17, 15) is 10.1 Å². The standard InChI is InChI=1S/C34H37FN8O/c1-7-9-28(44)42-15-13-24(17-23(42)12-14-36)43-33-27-16-21(3)29(26-11-8-10-20(2)22(26)4)30(35)31(27)37-34(32(33)38-39-43)41-18-25(19-41)40(5)6/h8,10-11,16,23-25H,12-13,15,17-19H2,1-6H3/t23-,24+/m1/s1. The van der Waals surface area contributed by atoms with Crippen LogP contribution in [0.3, 0.4) is 0 Å². The van der Waals surface area contributed by atoms with Gasteiger partial charge in [0.15, 0.2) is 17.2 Å². The van der Waals surface area contributed by atoms with Crippen LogP contribution in [0.15, 0.2) is 24.3 Å². The molecule has 2 aromatic carbocycles. The summed E-state index contributed by atoms with van der Waals surface area (Å²) in [6.45, 7) is 9.59. The first-order valence-electron chi connectivity index (χ1n) is 15.1. The summed E-state index contributed by atoms with van der Waals surface area (Å²) in [4.78, 5) is 23.7. The van der Waals surface area contributed by atoms with Gasteiger partial charge in [0.1, 0.15) is 11.0 Å². The number of likely N-dealkylation sites (tertiary alicyclic amines) is 1. The zero-order valence-corrected chi connectivity index (χ0v) is 26.1. The number of likely N-dealkylation sites (N-methyl/N-ethyl adjacent to an activating group) is 1. The molecule has 2 aromatic heterocycles. The predicted octanol–water partition coefficient (Wildman–Crippen LogP) is 4.93. The molecule has 2 atom stereocenters. The summed E-state index contributed by atoms with van der Waals surface area (Å²) < 4.78 is 18.7. The van der Waals surface area contributed by atoms with Gasteiger partial charge in [-0.2, -0.15) is 5.26 Å². The summed E-state index contributed by atoms with van der Waals surface area (Å²) in [5.41, 5.74) is 6.04. The molecule has 6 rings (SSSR count). The SMILES string of the molecule is CC#CC(=O)N1CC[C@H](n2nnc3c(N4CC(N(C)C)C4)nc4c(F)c(-c5cccc(C)c5C)c(C)cc4c32)C[C@H]1CC#N. The van der Waals surface area contributed by atoms with Gasteiger partial charge in [0.25, 0.3) is 5.91 Å². The first kappa shape index (κ1) is 29.5. The summed E-state index contributed by atoms with van der Waals surface area (Å²) in [6, 6.07) is 10.1. The van der Waals surface area contributed by atoms with Crippen LogP contribution in [-0.2, 0) is 4.79 Å². The van der Waals surface area contributed by atoms with E-state index in [0.29, 0.717) is 53.2 Å². The Bertz CT molecular complexity index is 1890. The molecule has 2 saturated heterocycles. The highest BCUT2D eigenvalue weighted by Crippen LogP contribution is 2.41. The molecule has 0 aliphatic carbocycles. The number of piperidine rings is 1. The third kappa shape index (κ3) is 4.84. The lowest BCUT2D eigenvalue weighted by Crippen LogP contribution is -2.57. The second-order valence-corrected chi connectivity index (χ2v) is 12.3. The van der Waals surface area contributed by atoms with Gasteiger partial charge < -0.3 is 14.7 Å². The fourth-order valence-corrected chi connectivity index (χ4v) is 6.69. The van der Waals surface area contributed by atoms with Crippen molar-refractivity contribution in [1.29, 1.82) is 5.26 Å². The Kier molecular flexibility index (Phi) is 7.73. The highest BCUT2D eigenvalue weighted by molar-refractivity contribution is 6.08. The first-order valence-corrected chi connectivity index (χ1v) is 15.1. The minimum atomic E-state index is -0.352. The maximum absolute atomic E-state index is 16.8. The average Bonchev–Trinajstić information content (AvgIpc) is 3.41. The maximum Gasteiger partial charge on any atom is 0.298 e. The van der Waals surface area contributed by atoms with Crippen molar-refractivity contribution in [1.82, 2.24) is 29.8 Å². The number of carbonyl (C=O) groups excluding carboxylic acids is 1. The molecule has 2 fully saturated rings. The highest BCUT2D eigenvalue weighted by Gasteiger charge is 2.36. The molecule has 0 unspecified atom stereocenters. The zero-order chi connectivity index (χ0) is 31.3. The topological polar surface area (TPSA) is 94.2 Å². The molecule has 226 valence electrons. The fraction of sp³-hybridized carbons (Fsp3) is 0.441. The van der Waals surface area contributed by atoms with E-state index in [1.807, 2.05) is 49.7 Å². The number of fused-ring (bicyclic) bond motifs is 3. The number of benzene rings is 2. The van der Waals surface area contributed by atoms with Crippen molar-refractivity contribution < 1.29 is 9.18 Å². The molecule has 9 nitrogen and oxygen atoms in total. The van der Waals surface area contributed by atoms with E-state index in [0.717, 1.165) is 40.9 Å². The number of hydrogen-bond acceptors (Lipinski definition) is 7. The molecule has 2 aliphatic heterocycles. The highest BCUT2D eigenvalue weighted by atomic mass is 19.1. The van der Waals surface area contributed by atoms with Crippen LogP contribution < -0.4 is 4.90 Å². The van der Waals surface area contributed by atoms with Gasteiger partial charge in [0.2, 0.25) is 0 Å².